The van der Waals surface area contributed by atoms with Crippen LogP contribution in [0.4, 0.5) is 15.3 Å². The molecule has 0 bridgehead atoms. The number of anilines is 1. The fourth-order valence-electron chi connectivity index (χ4n) is 5.84. The fraction of sp³-hybridized carbons (Fsp3) is 0.600. The largest absolute Gasteiger partial charge is 0.462 e. The Morgan fingerprint density at radius 1 is 1.02 bits per heavy atom. The molecular formula is C35H49N5O11S. The van der Waals surface area contributed by atoms with Gasteiger partial charge in [0.2, 0.25) is 21.8 Å². The van der Waals surface area contributed by atoms with Crippen LogP contribution in [0.1, 0.15) is 84.5 Å². The van der Waals surface area contributed by atoms with Crippen molar-refractivity contribution in [1.82, 2.24) is 20.3 Å². The molecule has 4 N–H and O–H groups in total. The number of likely N-dealkylation sites (tertiary alicyclic amines) is 1. The van der Waals surface area contributed by atoms with Crippen LogP contribution in [0.3, 0.4) is 0 Å². The highest BCUT2D eigenvalue weighted by Crippen LogP contribution is 2.45. The number of hydrogen-bond acceptors (Lipinski definition) is 11. The Morgan fingerprint density at radius 3 is 2.17 bits per heavy atom. The number of ether oxygens (including phenoxy) is 3. The number of rotatable bonds is 12. The van der Waals surface area contributed by atoms with Crippen LogP contribution in [-0.2, 0) is 38.6 Å². The molecule has 286 valence electrons. The van der Waals surface area contributed by atoms with Crippen LogP contribution in [0, 0.1) is 11.3 Å². The molecule has 5 atom stereocenters. The summed E-state index contributed by atoms with van der Waals surface area (Å²) in [6.07, 6.45) is -0.604. The van der Waals surface area contributed by atoms with E-state index in [1.165, 1.54) is 35.2 Å². The smallest absolute Gasteiger partial charge is 0.411 e. The predicted octanol–water partition coefficient (Wildman–Crippen LogP) is 2.99. The van der Waals surface area contributed by atoms with Gasteiger partial charge in [-0.1, -0.05) is 26.8 Å². The zero-order valence-electron chi connectivity index (χ0n) is 30.6. The van der Waals surface area contributed by atoms with E-state index >= 15 is 0 Å². The van der Waals surface area contributed by atoms with Crippen LogP contribution >= 0.6 is 0 Å². The van der Waals surface area contributed by atoms with Gasteiger partial charge < -0.3 is 29.7 Å². The molecule has 1 saturated heterocycles. The van der Waals surface area contributed by atoms with Crippen LogP contribution in [0.15, 0.2) is 36.9 Å². The van der Waals surface area contributed by atoms with Crippen molar-refractivity contribution in [2.75, 3.05) is 18.5 Å². The lowest BCUT2D eigenvalue weighted by Crippen LogP contribution is -2.60. The summed E-state index contributed by atoms with van der Waals surface area (Å²) in [6, 6.07) is 3.38. The van der Waals surface area contributed by atoms with E-state index in [0.29, 0.717) is 18.5 Å². The Hall–Kier alpha value is -4.67. The van der Waals surface area contributed by atoms with Crippen LogP contribution in [0.25, 0.3) is 0 Å². The van der Waals surface area contributed by atoms with Gasteiger partial charge in [0.15, 0.2) is 0 Å². The van der Waals surface area contributed by atoms with Crippen molar-refractivity contribution in [3.05, 3.63) is 42.5 Å². The number of benzene rings is 1. The van der Waals surface area contributed by atoms with Crippen LogP contribution in [0.5, 0.6) is 0 Å². The third-order valence-electron chi connectivity index (χ3n) is 8.79. The SMILES string of the molecule is C=CC1CC1(NC(=O)[C@H]1C[C@@H](OC(=O)Nc2ccc(C(=O)OCC)cc2)CN1C(=O)[C@@H](NC(=O)OC(C)(C)C)C(C)(C)C)C(=O)NS(=O)(=O)C1CC1. The molecule has 4 rings (SSSR count). The highest BCUT2D eigenvalue weighted by Gasteiger charge is 2.62. The topological polar surface area (TPSA) is 216 Å². The van der Waals surface area contributed by atoms with Gasteiger partial charge in [-0.15, -0.1) is 6.58 Å². The van der Waals surface area contributed by atoms with E-state index in [-0.39, 0.29) is 31.6 Å². The normalized spacial score (nSPS) is 23.4. The molecule has 0 spiro atoms. The van der Waals surface area contributed by atoms with E-state index < -0.39 is 91.8 Å². The van der Waals surface area contributed by atoms with Crippen molar-refractivity contribution >= 4 is 51.6 Å². The zero-order chi connectivity index (χ0) is 38.8. The molecule has 2 saturated carbocycles. The van der Waals surface area contributed by atoms with E-state index in [4.69, 9.17) is 14.2 Å². The minimum Gasteiger partial charge on any atom is -0.462 e. The van der Waals surface area contributed by atoms with E-state index in [1.807, 2.05) is 0 Å². The molecule has 1 aliphatic heterocycles. The Kier molecular flexibility index (Phi) is 11.7. The third-order valence-corrected chi connectivity index (χ3v) is 10.6. The Balaban J connectivity index is 1.56. The fourth-order valence-corrected chi connectivity index (χ4v) is 7.20. The number of nitrogens with one attached hydrogen (secondary N) is 4. The van der Waals surface area contributed by atoms with Gasteiger partial charge in [-0.3, -0.25) is 24.4 Å². The van der Waals surface area contributed by atoms with Gasteiger partial charge >= 0.3 is 18.2 Å². The highest BCUT2D eigenvalue weighted by atomic mass is 32.2. The van der Waals surface area contributed by atoms with Gasteiger partial charge in [-0.25, -0.2) is 22.8 Å². The number of hydrogen-bond donors (Lipinski definition) is 4. The second-order valence-electron chi connectivity index (χ2n) is 15.3. The number of nitrogens with zero attached hydrogens (tertiary/aromatic N) is 1. The van der Waals surface area contributed by atoms with Crippen LogP contribution in [0.2, 0.25) is 0 Å². The number of carbonyl (C=O) groups excluding carboxylic acids is 6. The molecule has 1 heterocycles. The molecule has 52 heavy (non-hydrogen) atoms. The maximum absolute atomic E-state index is 14.3. The standard InChI is InChI=1S/C35H49N5O11S/c1-9-21-18-35(21,30(44)39-52(47,48)24-15-16-24)38-27(41)25-17-23(50-31(45)36-22-13-11-20(12-14-22)29(43)49-10-2)19-40(25)28(42)26(33(3,4)5)37-32(46)51-34(6,7)8/h9,11-14,21,23-26H,1,10,15-19H2,2-8H3,(H,36,45)(H,37,46)(H,38,41)(H,39,44)/t21?,23-,25-,26-,35?/m1/s1. The van der Waals surface area contributed by atoms with Crippen molar-refractivity contribution in [1.29, 1.82) is 0 Å². The van der Waals surface area contributed by atoms with Crippen LogP contribution in [-0.4, -0.2) is 96.9 Å². The minimum atomic E-state index is -3.94. The Bertz CT molecular complexity index is 1700. The number of sulfonamides is 1. The van der Waals surface area contributed by atoms with Gasteiger partial charge in [-0.2, -0.15) is 0 Å². The lowest BCUT2D eigenvalue weighted by atomic mass is 9.85. The first-order chi connectivity index (χ1) is 24.1. The lowest BCUT2D eigenvalue weighted by molar-refractivity contribution is -0.143. The predicted molar refractivity (Wildman–Crippen MR) is 188 cm³/mol. The summed E-state index contributed by atoms with van der Waals surface area (Å²) >= 11 is 0. The highest BCUT2D eigenvalue weighted by molar-refractivity contribution is 7.91. The molecule has 1 aromatic rings. The molecule has 2 unspecified atom stereocenters. The first-order valence-electron chi connectivity index (χ1n) is 17.2. The van der Waals surface area contributed by atoms with E-state index in [1.54, 1.807) is 48.5 Å². The van der Waals surface area contributed by atoms with Gasteiger partial charge in [0.05, 0.1) is 24.0 Å². The number of amides is 5. The van der Waals surface area contributed by atoms with E-state index in [9.17, 15) is 37.2 Å². The number of alkyl carbamates (subject to hydrolysis) is 1. The number of carbonyl (C=O) groups is 6. The van der Waals surface area contributed by atoms with Crippen molar-refractivity contribution in [2.24, 2.45) is 11.3 Å². The van der Waals surface area contributed by atoms with E-state index in [0.717, 1.165) is 0 Å². The first-order valence-corrected chi connectivity index (χ1v) is 18.7. The summed E-state index contributed by atoms with van der Waals surface area (Å²) in [5.41, 5.74) is -2.81. The Morgan fingerprint density at radius 2 is 1.65 bits per heavy atom. The van der Waals surface area contributed by atoms with Gasteiger partial charge in [0.1, 0.15) is 29.3 Å². The molecule has 17 heteroatoms. The maximum atomic E-state index is 14.3. The van der Waals surface area contributed by atoms with Crippen LogP contribution < -0.4 is 20.7 Å². The van der Waals surface area contributed by atoms with Crippen molar-refractivity contribution < 1.29 is 51.4 Å². The first kappa shape index (κ1) is 40.1. The Labute approximate surface area is 303 Å². The monoisotopic (exact) mass is 747 g/mol. The average Bonchev–Trinajstić information content (AvgIpc) is 3.95. The quantitative estimate of drug-likeness (QED) is 0.139. The summed E-state index contributed by atoms with van der Waals surface area (Å²) in [6.45, 7) is 15.5. The molecule has 0 aromatic heterocycles. The molecule has 16 nitrogen and oxygen atoms in total. The van der Waals surface area contributed by atoms with Gasteiger partial charge in [0, 0.05) is 18.0 Å². The minimum absolute atomic E-state index is 0.0804. The van der Waals surface area contributed by atoms with Gasteiger partial charge in [-0.05, 0) is 76.6 Å². The van der Waals surface area contributed by atoms with Crippen molar-refractivity contribution in [3.8, 4) is 0 Å². The molecule has 1 aromatic carbocycles. The van der Waals surface area contributed by atoms with E-state index in [2.05, 4.69) is 27.3 Å². The summed E-state index contributed by atoms with van der Waals surface area (Å²) in [4.78, 5) is 80.7. The summed E-state index contributed by atoms with van der Waals surface area (Å²) in [7, 11) is -3.94. The average molecular weight is 748 g/mol. The second kappa shape index (κ2) is 15.1. The summed E-state index contributed by atoms with van der Waals surface area (Å²) in [5.74, 6) is -3.48. The molecule has 3 fully saturated rings. The second-order valence-corrected chi connectivity index (χ2v) is 17.3. The molecule has 2 aliphatic carbocycles. The summed E-state index contributed by atoms with van der Waals surface area (Å²) < 4.78 is 43.3. The number of esters is 1. The molecule has 3 aliphatic rings. The third kappa shape index (κ3) is 9.80. The molecular weight excluding hydrogens is 698 g/mol. The van der Waals surface area contributed by atoms with Gasteiger partial charge in [0.25, 0.3) is 5.91 Å². The zero-order valence-corrected chi connectivity index (χ0v) is 31.4. The molecule has 0 radical (unpaired) electrons. The van der Waals surface area contributed by atoms with Crippen molar-refractivity contribution in [3.63, 3.8) is 0 Å². The van der Waals surface area contributed by atoms with Crippen molar-refractivity contribution in [2.45, 2.75) is 109 Å². The summed E-state index contributed by atoms with van der Waals surface area (Å²) in [5, 5.41) is 7.16. The lowest BCUT2D eigenvalue weighted by Gasteiger charge is -2.36. The molecule has 5 amide bonds. The maximum Gasteiger partial charge on any atom is 0.411 e.